The van der Waals surface area contributed by atoms with E-state index in [1.54, 1.807) is 18.2 Å². The number of amides is 6. The Labute approximate surface area is 358 Å². The Bertz CT molecular complexity index is 3020. The highest BCUT2D eigenvalue weighted by Crippen LogP contribution is 2.34. The van der Waals surface area contributed by atoms with E-state index in [0.717, 1.165) is 16.7 Å². The lowest BCUT2D eigenvalue weighted by molar-refractivity contribution is 0.0911. The minimum atomic E-state index is -0.852. The van der Waals surface area contributed by atoms with Gasteiger partial charge in [0.15, 0.2) is 0 Å². The summed E-state index contributed by atoms with van der Waals surface area (Å²) in [7, 11) is 0. The van der Waals surface area contributed by atoms with Crippen LogP contribution in [0.3, 0.4) is 0 Å². The Morgan fingerprint density at radius 2 is 0.508 bits per heavy atom. The molecule has 12 nitrogen and oxygen atoms in total. The van der Waals surface area contributed by atoms with E-state index in [1.807, 2.05) is 91.0 Å². The van der Waals surface area contributed by atoms with Crippen LogP contribution >= 0.6 is 0 Å². The van der Waals surface area contributed by atoms with E-state index in [4.69, 9.17) is 0 Å². The quantitative estimate of drug-likeness (QED) is 0.144. The Kier molecular flexibility index (Phi) is 9.11. The number of rotatable bonds is 3. The first kappa shape index (κ1) is 37.7. The third-order valence-electron chi connectivity index (χ3n) is 10.2. The molecule has 294 valence electrons. The number of imide groups is 3. The predicted molar refractivity (Wildman–Crippen MR) is 230 cm³/mol. The van der Waals surface area contributed by atoms with Gasteiger partial charge in [-0.15, -0.1) is 0 Å². The number of benzene rings is 6. The minimum Gasteiger partial charge on any atom is -0.268 e. The highest BCUT2D eigenvalue weighted by Gasteiger charge is 2.45. The Morgan fingerprint density at radius 1 is 0.270 bits per heavy atom. The van der Waals surface area contributed by atoms with Crippen molar-refractivity contribution >= 4 is 53.3 Å². The van der Waals surface area contributed by atoms with Crippen molar-refractivity contribution in [2.24, 2.45) is 0 Å². The van der Waals surface area contributed by atoms with Crippen LogP contribution in [0.5, 0.6) is 0 Å². The zero-order chi connectivity index (χ0) is 43.2. The molecule has 10 rings (SSSR count). The van der Waals surface area contributed by atoms with Crippen LogP contribution in [0.25, 0.3) is 0 Å². The summed E-state index contributed by atoms with van der Waals surface area (Å²) in [5.41, 5.74) is 3.50. The van der Waals surface area contributed by atoms with Gasteiger partial charge < -0.3 is 0 Å². The van der Waals surface area contributed by atoms with Gasteiger partial charge in [0.25, 0.3) is 35.4 Å². The predicted octanol–water partition coefficient (Wildman–Crippen LogP) is 6.47. The summed E-state index contributed by atoms with van der Waals surface area (Å²) in [6, 6.07) is 41.0. The lowest BCUT2D eigenvalue weighted by Gasteiger charge is -2.19. The molecule has 3 aliphatic rings. The SMILES string of the molecule is O=C1c2ccc(C#Cc3ccccc3)cc2C(=O)N1c1nc(N2C(=O)c3ccc(C#Cc4ccccc4)cc3C2=O)nc(N2C(=O)c3ccc(C#Cc4ccccc4)cc3C2=O)n1. The largest absolute Gasteiger partial charge is 0.268 e. The fraction of sp³-hybridized carbons (Fsp3) is 0. The van der Waals surface area contributed by atoms with E-state index in [2.05, 4.69) is 50.5 Å². The number of anilines is 3. The van der Waals surface area contributed by atoms with Crippen molar-refractivity contribution in [1.29, 1.82) is 0 Å². The van der Waals surface area contributed by atoms with Gasteiger partial charge in [0.05, 0.1) is 33.4 Å². The normalized spacial score (nSPS) is 13.4. The monoisotopic (exact) mass is 816 g/mol. The first-order valence-corrected chi connectivity index (χ1v) is 19.3. The lowest BCUT2D eigenvalue weighted by atomic mass is 10.1. The molecule has 6 amide bonds. The number of hydrogen-bond donors (Lipinski definition) is 0. The molecule has 0 radical (unpaired) electrons. The lowest BCUT2D eigenvalue weighted by Crippen LogP contribution is -2.37. The molecule has 6 aromatic carbocycles. The van der Waals surface area contributed by atoms with Gasteiger partial charge in [-0.1, -0.05) is 90.1 Å². The molecule has 0 N–H and O–H groups in total. The standard InChI is InChI=1S/C51H24N6O6/c58-43-37-25-22-34(19-16-31-10-4-1-5-11-31)28-40(37)46(61)55(43)49-52-50(56-44(59)38-26-23-35(29-41(38)47(56)62)20-17-32-12-6-2-7-13-32)54-51(53-49)57-45(60)39-27-24-36(30-42(39)48(57)63)21-18-33-14-8-3-9-15-33/h1-15,22-30H. The summed E-state index contributed by atoms with van der Waals surface area (Å²) in [6.07, 6.45) is 0. The molecule has 7 aromatic rings. The van der Waals surface area contributed by atoms with Gasteiger partial charge in [0, 0.05) is 33.4 Å². The van der Waals surface area contributed by atoms with E-state index >= 15 is 0 Å². The summed E-state index contributed by atoms with van der Waals surface area (Å²) in [4.78, 5) is 99.4. The molecule has 0 atom stereocenters. The van der Waals surface area contributed by atoms with Gasteiger partial charge in [0.2, 0.25) is 17.8 Å². The maximum absolute atomic E-state index is 14.2. The fourth-order valence-electron chi connectivity index (χ4n) is 7.14. The molecule has 0 bridgehead atoms. The van der Waals surface area contributed by atoms with Gasteiger partial charge in [0.1, 0.15) is 0 Å². The van der Waals surface area contributed by atoms with Crippen molar-refractivity contribution in [1.82, 2.24) is 15.0 Å². The molecule has 0 aliphatic carbocycles. The van der Waals surface area contributed by atoms with Gasteiger partial charge in [-0.25, -0.2) is 14.7 Å². The van der Waals surface area contributed by atoms with Crippen molar-refractivity contribution in [2.45, 2.75) is 0 Å². The highest BCUT2D eigenvalue weighted by molar-refractivity contribution is 6.36. The maximum Gasteiger partial charge on any atom is 0.268 e. The fourth-order valence-corrected chi connectivity index (χ4v) is 7.14. The topological polar surface area (TPSA) is 151 Å². The van der Waals surface area contributed by atoms with E-state index in [9.17, 15) is 28.8 Å². The zero-order valence-electron chi connectivity index (χ0n) is 32.5. The number of nitrogens with zero attached hydrogens (tertiary/aromatic N) is 6. The summed E-state index contributed by atoms with van der Waals surface area (Å²) < 4.78 is 0. The van der Waals surface area contributed by atoms with Crippen LogP contribution in [0.4, 0.5) is 17.8 Å². The van der Waals surface area contributed by atoms with Crippen LogP contribution in [0.2, 0.25) is 0 Å². The van der Waals surface area contributed by atoms with Crippen LogP contribution in [0.15, 0.2) is 146 Å². The van der Waals surface area contributed by atoms with Crippen LogP contribution in [-0.2, 0) is 0 Å². The van der Waals surface area contributed by atoms with Crippen LogP contribution < -0.4 is 14.7 Å². The van der Waals surface area contributed by atoms with Gasteiger partial charge in [-0.05, 0) is 91.0 Å². The molecule has 1 aromatic heterocycles. The molecule has 12 heteroatoms. The summed E-state index contributed by atoms with van der Waals surface area (Å²) in [6.45, 7) is 0. The van der Waals surface area contributed by atoms with Crippen molar-refractivity contribution in [3.05, 3.63) is 212 Å². The molecule has 3 aliphatic heterocycles. The average Bonchev–Trinajstić information content (AvgIpc) is 3.83. The number of carbonyl (C=O) groups is 6. The third kappa shape index (κ3) is 6.76. The van der Waals surface area contributed by atoms with Crippen LogP contribution in [0, 0.1) is 35.5 Å². The Balaban J connectivity index is 1.04. The Morgan fingerprint density at radius 3 is 0.778 bits per heavy atom. The number of carbonyl (C=O) groups excluding carboxylic acids is 6. The van der Waals surface area contributed by atoms with E-state index < -0.39 is 53.3 Å². The highest BCUT2D eigenvalue weighted by atomic mass is 16.2. The zero-order valence-corrected chi connectivity index (χ0v) is 32.5. The number of aromatic nitrogens is 3. The molecular weight excluding hydrogens is 793 g/mol. The summed E-state index contributed by atoms with van der Waals surface area (Å²) >= 11 is 0. The van der Waals surface area contributed by atoms with Gasteiger partial charge in [-0.3, -0.25) is 28.8 Å². The molecule has 0 saturated carbocycles. The molecule has 0 saturated heterocycles. The second-order valence-corrected chi connectivity index (χ2v) is 14.2. The molecule has 4 heterocycles. The second-order valence-electron chi connectivity index (χ2n) is 14.2. The van der Waals surface area contributed by atoms with Crippen LogP contribution in [0.1, 0.15) is 95.5 Å². The first-order valence-electron chi connectivity index (χ1n) is 19.3. The van der Waals surface area contributed by atoms with Crippen molar-refractivity contribution in [3.63, 3.8) is 0 Å². The molecular formula is C51H24N6O6. The Hall–Kier alpha value is -9.57. The summed E-state index contributed by atoms with van der Waals surface area (Å²) in [5, 5.41) is 0. The molecule has 0 spiro atoms. The summed E-state index contributed by atoms with van der Waals surface area (Å²) in [5.74, 6) is 11.0. The van der Waals surface area contributed by atoms with Gasteiger partial charge in [-0.2, -0.15) is 15.0 Å². The van der Waals surface area contributed by atoms with Crippen molar-refractivity contribution in [3.8, 4) is 35.5 Å². The van der Waals surface area contributed by atoms with Crippen molar-refractivity contribution < 1.29 is 28.8 Å². The number of fused-ring (bicyclic) bond motifs is 3. The average molecular weight is 817 g/mol. The van der Waals surface area contributed by atoms with Gasteiger partial charge >= 0.3 is 0 Å². The minimum absolute atomic E-state index is 0.00326. The van der Waals surface area contributed by atoms with Crippen LogP contribution in [-0.4, -0.2) is 50.4 Å². The first-order chi connectivity index (χ1) is 30.7. The molecule has 0 fully saturated rings. The van der Waals surface area contributed by atoms with E-state index in [-0.39, 0.29) is 33.4 Å². The number of hydrogen-bond acceptors (Lipinski definition) is 9. The maximum atomic E-state index is 14.2. The van der Waals surface area contributed by atoms with Crippen molar-refractivity contribution in [2.75, 3.05) is 14.7 Å². The van der Waals surface area contributed by atoms with E-state index in [1.165, 1.54) is 36.4 Å². The molecule has 63 heavy (non-hydrogen) atoms. The smallest absolute Gasteiger partial charge is 0.268 e. The second kappa shape index (κ2) is 15.2. The van der Waals surface area contributed by atoms with E-state index in [0.29, 0.717) is 31.4 Å². The molecule has 0 unspecified atom stereocenters. The third-order valence-corrected chi connectivity index (χ3v) is 10.2.